The van der Waals surface area contributed by atoms with Crippen LogP contribution in [0.4, 0.5) is 0 Å². The molecular weight excluding hydrogens is 392 g/mol. The van der Waals surface area contributed by atoms with Gasteiger partial charge in [0.2, 0.25) is 0 Å². The highest BCUT2D eigenvalue weighted by Gasteiger charge is 2.45. The summed E-state index contributed by atoms with van der Waals surface area (Å²) in [7, 11) is 1.94. The maximum absolute atomic E-state index is 6.08. The molecule has 1 N–H and O–H groups in total. The molecule has 2 saturated carbocycles. The number of nitrogens with one attached hydrogen (secondary N) is 1. The van der Waals surface area contributed by atoms with Gasteiger partial charge in [0.15, 0.2) is 0 Å². The number of unbranched alkanes of at least 4 members (excludes halogenated alkanes) is 1. The van der Waals surface area contributed by atoms with Crippen LogP contribution in [-0.4, -0.2) is 30.7 Å². The molecule has 0 saturated heterocycles. The number of hydrogen-bond donors (Lipinski definition) is 2. The molecule has 29 heavy (non-hydrogen) atoms. The van der Waals surface area contributed by atoms with E-state index in [9.17, 15) is 0 Å². The zero-order valence-corrected chi connectivity index (χ0v) is 21.8. The fraction of sp³-hybridized carbons (Fsp3) is 0.917. The van der Waals surface area contributed by atoms with Crippen molar-refractivity contribution < 1.29 is 4.65 Å². The molecule has 0 heterocycles. The summed E-state index contributed by atoms with van der Waals surface area (Å²) in [4.78, 5) is 0. The van der Waals surface area contributed by atoms with E-state index in [0.717, 1.165) is 24.1 Å². The lowest BCUT2D eigenvalue weighted by Crippen LogP contribution is -2.44. The first-order valence-electron chi connectivity index (χ1n) is 11.9. The van der Waals surface area contributed by atoms with E-state index in [2.05, 4.69) is 52.9 Å². The summed E-state index contributed by atoms with van der Waals surface area (Å²) < 4.78 is 5.93. The largest absolute Gasteiger partial charge is 0.434 e. The van der Waals surface area contributed by atoms with Crippen LogP contribution in [0.5, 0.6) is 0 Å². The van der Waals surface area contributed by atoms with E-state index in [4.69, 9.17) is 17.3 Å². The first kappa shape index (κ1) is 25.6. The van der Waals surface area contributed by atoms with Crippen LogP contribution in [0.3, 0.4) is 0 Å². The van der Waals surface area contributed by atoms with Gasteiger partial charge in [-0.2, -0.15) is 12.6 Å². The lowest BCUT2D eigenvalue weighted by molar-refractivity contribution is 0.0822. The molecule has 2 nitrogen and oxygen atoms in total. The topological polar surface area (TPSA) is 21.3 Å². The average molecular weight is 438 g/mol. The lowest BCUT2D eigenvalue weighted by Gasteiger charge is -2.38. The van der Waals surface area contributed by atoms with Crippen molar-refractivity contribution in [2.75, 3.05) is 12.8 Å². The summed E-state index contributed by atoms with van der Waals surface area (Å²) in [5, 5.41) is 3.84. The van der Waals surface area contributed by atoms with Gasteiger partial charge in [0.25, 0.3) is 7.48 Å². The minimum atomic E-state index is -0.252. The third kappa shape index (κ3) is 7.18. The van der Waals surface area contributed by atoms with E-state index >= 15 is 0 Å². The SMILES string of the molecule is C=C(NP(C)CCCC)C1CC2CCCC2C1CCC[B]OC(C)(C)C(C)(C)S. The minimum Gasteiger partial charge on any atom is -0.434 e. The van der Waals surface area contributed by atoms with Gasteiger partial charge in [-0.1, -0.05) is 51.9 Å². The number of hydrogen-bond acceptors (Lipinski definition) is 3. The fourth-order valence-electron chi connectivity index (χ4n) is 5.16. The highest BCUT2D eigenvalue weighted by Crippen LogP contribution is 2.54. The Morgan fingerprint density at radius 2 is 1.97 bits per heavy atom. The Bertz CT molecular complexity index is 522. The standard InChI is InChI=1S/C24H46BNOPS/c1-8-9-16-28(7)26-18(2)22-17-19-12-10-13-20(19)21(22)14-11-15-25-27-23(3,4)24(5,6)29/h19-22,26,29H,2,8-17H2,1,3-7H3. The molecule has 2 fully saturated rings. The second kappa shape index (κ2) is 11.3. The Kier molecular flexibility index (Phi) is 9.96. The van der Waals surface area contributed by atoms with E-state index in [0.29, 0.717) is 5.92 Å². The summed E-state index contributed by atoms with van der Waals surface area (Å²) in [6.45, 7) is 17.7. The molecule has 0 aromatic rings. The molecule has 0 aliphatic heterocycles. The van der Waals surface area contributed by atoms with E-state index in [1.165, 1.54) is 63.2 Å². The van der Waals surface area contributed by atoms with Crippen LogP contribution >= 0.6 is 20.7 Å². The third-order valence-electron chi connectivity index (χ3n) is 7.68. The van der Waals surface area contributed by atoms with Crippen molar-refractivity contribution in [3.05, 3.63) is 12.3 Å². The van der Waals surface area contributed by atoms with E-state index in [1.54, 1.807) is 0 Å². The third-order valence-corrected chi connectivity index (χ3v) is 9.88. The number of allylic oxidation sites excluding steroid dienone is 1. The molecule has 5 atom stereocenters. The molecule has 1 radical (unpaired) electrons. The number of rotatable bonds is 13. The van der Waals surface area contributed by atoms with Gasteiger partial charge in [-0.3, -0.25) is 0 Å². The Labute approximate surface area is 189 Å². The molecule has 0 spiro atoms. The van der Waals surface area contributed by atoms with Crippen molar-refractivity contribution in [3.63, 3.8) is 0 Å². The maximum Gasteiger partial charge on any atom is 0.293 e. The van der Waals surface area contributed by atoms with Crippen molar-refractivity contribution in [1.29, 1.82) is 0 Å². The van der Waals surface area contributed by atoms with Crippen molar-refractivity contribution >= 4 is 28.2 Å². The normalized spacial score (nSPS) is 28.2. The summed E-state index contributed by atoms with van der Waals surface area (Å²) in [6.07, 6.45) is 13.2. The van der Waals surface area contributed by atoms with Crippen molar-refractivity contribution in [1.82, 2.24) is 5.09 Å². The Morgan fingerprint density at radius 1 is 1.24 bits per heavy atom. The van der Waals surface area contributed by atoms with Gasteiger partial charge in [0, 0.05) is 16.4 Å². The van der Waals surface area contributed by atoms with Crippen LogP contribution in [0.15, 0.2) is 12.3 Å². The van der Waals surface area contributed by atoms with Crippen LogP contribution in [0.2, 0.25) is 6.32 Å². The summed E-state index contributed by atoms with van der Waals surface area (Å²) in [5.74, 6) is 3.39. The van der Waals surface area contributed by atoms with Crippen LogP contribution in [0.25, 0.3) is 0 Å². The van der Waals surface area contributed by atoms with Crippen LogP contribution in [0.1, 0.15) is 86.0 Å². The summed E-state index contributed by atoms with van der Waals surface area (Å²) >= 11 is 4.70. The monoisotopic (exact) mass is 438 g/mol. The molecule has 0 amide bonds. The summed E-state index contributed by atoms with van der Waals surface area (Å²) in [6, 6.07) is 0. The van der Waals surface area contributed by atoms with Crippen molar-refractivity contribution in [3.8, 4) is 0 Å². The smallest absolute Gasteiger partial charge is 0.293 e. The first-order valence-corrected chi connectivity index (χ1v) is 14.4. The van der Waals surface area contributed by atoms with E-state index in [-0.39, 0.29) is 18.4 Å². The average Bonchev–Trinajstić information content (AvgIpc) is 3.20. The highest BCUT2D eigenvalue weighted by molar-refractivity contribution is 7.81. The maximum atomic E-state index is 6.08. The second-order valence-corrected chi connectivity index (χ2v) is 13.7. The van der Waals surface area contributed by atoms with Gasteiger partial charge in [0.05, 0.1) is 5.60 Å². The van der Waals surface area contributed by atoms with Gasteiger partial charge in [-0.25, -0.2) is 0 Å². The molecule has 0 aromatic carbocycles. The van der Waals surface area contributed by atoms with Crippen molar-refractivity contribution in [2.24, 2.45) is 23.7 Å². The predicted octanol–water partition coefficient (Wildman–Crippen LogP) is 7.29. The molecular formula is C24H46BNOPS. The van der Waals surface area contributed by atoms with E-state index < -0.39 is 0 Å². The van der Waals surface area contributed by atoms with Gasteiger partial charge in [0.1, 0.15) is 0 Å². The Hall–Kier alpha value is 0.345. The number of thiol groups is 1. The van der Waals surface area contributed by atoms with Crippen LogP contribution < -0.4 is 5.09 Å². The van der Waals surface area contributed by atoms with Crippen LogP contribution in [0, 0.1) is 23.7 Å². The van der Waals surface area contributed by atoms with Gasteiger partial charge in [-0.05, 0) is 85.6 Å². The molecule has 5 heteroatoms. The summed E-state index contributed by atoms with van der Waals surface area (Å²) in [5.41, 5.74) is 1.10. The fourth-order valence-corrected chi connectivity index (χ4v) is 6.78. The Morgan fingerprint density at radius 3 is 2.62 bits per heavy atom. The first-order chi connectivity index (χ1) is 13.6. The van der Waals surface area contributed by atoms with E-state index in [1.807, 2.05) is 7.48 Å². The van der Waals surface area contributed by atoms with Crippen molar-refractivity contribution in [2.45, 2.75) is 103 Å². The molecule has 167 valence electrons. The molecule has 0 aromatic heterocycles. The zero-order valence-electron chi connectivity index (χ0n) is 20.0. The predicted molar refractivity (Wildman–Crippen MR) is 135 cm³/mol. The zero-order chi connectivity index (χ0) is 21.7. The van der Waals surface area contributed by atoms with Crippen LogP contribution in [-0.2, 0) is 4.65 Å². The lowest BCUT2D eigenvalue weighted by atomic mass is 9.79. The molecule has 5 unspecified atom stereocenters. The quantitative estimate of drug-likeness (QED) is 0.136. The second-order valence-electron chi connectivity index (χ2n) is 10.6. The minimum absolute atomic E-state index is 0.102. The highest BCUT2D eigenvalue weighted by atomic mass is 32.1. The molecule has 2 aliphatic carbocycles. The number of fused-ring (bicyclic) bond motifs is 1. The van der Waals surface area contributed by atoms with Gasteiger partial charge >= 0.3 is 0 Å². The molecule has 2 rings (SSSR count). The molecule has 2 aliphatic rings. The van der Waals surface area contributed by atoms with Gasteiger partial charge < -0.3 is 9.74 Å². The Balaban J connectivity index is 1.83. The molecule has 0 bridgehead atoms. The van der Waals surface area contributed by atoms with Gasteiger partial charge in [-0.15, -0.1) is 0 Å².